The molecule has 3 aromatic carbocycles. The van der Waals surface area contributed by atoms with Crippen LogP contribution in [0.4, 0.5) is 5.69 Å². The summed E-state index contributed by atoms with van der Waals surface area (Å²) in [6.07, 6.45) is 1.77. The van der Waals surface area contributed by atoms with E-state index in [9.17, 15) is 9.59 Å². The van der Waals surface area contributed by atoms with E-state index in [1.165, 1.54) is 5.56 Å². The standard InChI is InChI=1S/C30H32N4O3/c1-20(2)22-14-16-24(17-15-22)37-19-28(35)31-21(3)30(36)33-27-18-34(4)26-13-9-8-12-25(26)29(32-27)23-10-6-5-7-11-23/h5-18,20-21H,19H2,1-4H3,(H,31,35)(H,33,36)/t21-/m0/s1. The highest BCUT2D eigenvalue weighted by Crippen LogP contribution is 2.27. The predicted octanol–water partition coefficient (Wildman–Crippen LogP) is 4.60. The number of nitrogens with one attached hydrogen (secondary N) is 2. The molecule has 7 nitrogen and oxygen atoms in total. The van der Waals surface area contributed by atoms with Crippen molar-refractivity contribution in [2.24, 2.45) is 4.99 Å². The van der Waals surface area contributed by atoms with Crippen LogP contribution in [0.5, 0.6) is 5.75 Å². The molecule has 0 aromatic heterocycles. The lowest BCUT2D eigenvalue weighted by Crippen LogP contribution is -2.46. The minimum atomic E-state index is -0.786. The average Bonchev–Trinajstić information content (AvgIpc) is 3.04. The van der Waals surface area contributed by atoms with Crippen molar-refractivity contribution in [2.45, 2.75) is 32.7 Å². The Morgan fingerprint density at radius 3 is 2.30 bits per heavy atom. The van der Waals surface area contributed by atoms with Gasteiger partial charge in [0.1, 0.15) is 17.6 Å². The Bertz CT molecular complexity index is 1310. The van der Waals surface area contributed by atoms with Crippen LogP contribution in [0.15, 0.2) is 95.9 Å². The van der Waals surface area contributed by atoms with Gasteiger partial charge in [-0.1, -0.05) is 74.5 Å². The van der Waals surface area contributed by atoms with Gasteiger partial charge in [0.2, 0.25) is 5.91 Å². The van der Waals surface area contributed by atoms with E-state index in [0.717, 1.165) is 22.5 Å². The minimum absolute atomic E-state index is 0.185. The molecule has 1 atom stereocenters. The molecule has 2 N–H and O–H groups in total. The summed E-state index contributed by atoms with van der Waals surface area (Å²) in [5, 5.41) is 5.55. The van der Waals surface area contributed by atoms with Gasteiger partial charge in [0, 0.05) is 30.1 Å². The van der Waals surface area contributed by atoms with Crippen molar-refractivity contribution in [1.82, 2.24) is 10.6 Å². The number of aliphatic imine (C=N–C) groups is 1. The maximum absolute atomic E-state index is 13.0. The molecule has 3 aromatic rings. The van der Waals surface area contributed by atoms with Gasteiger partial charge in [0.15, 0.2) is 6.61 Å². The molecule has 0 saturated heterocycles. The van der Waals surface area contributed by atoms with Crippen molar-refractivity contribution in [3.63, 3.8) is 0 Å². The van der Waals surface area contributed by atoms with Gasteiger partial charge in [-0.3, -0.25) is 9.59 Å². The van der Waals surface area contributed by atoms with E-state index in [-0.39, 0.29) is 18.4 Å². The van der Waals surface area contributed by atoms with Crippen LogP contribution in [0, 0.1) is 0 Å². The highest BCUT2D eigenvalue weighted by Gasteiger charge is 2.21. The number of carbonyl (C=O) groups excluding carboxylic acids is 2. The summed E-state index contributed by atoms with van der Waals surface area (Å²) >= 11 is 0. The molecule has 1 aliphatic heterocycles. The fourth-order valence-electron chi connectivity index (χ4n) is 4.00. The molecule has 190 valence electrons. The predicted molar refractivity (Wildman–Crippen MR) is 147 cm³/mol. The molecule has 0 aliphatic carbocycles. The van der Waals surface area contributed by atoms with Crippen molar-refractivity contribution < 1.29 is 14.3 Å². The van der Waals surface area contributed by atoms with Crippen molar-refractivity contribution in [3.05, 3.63) is 108 Å². The van der Waals surface area contributed by atoms with Crippen LogP contribution in [0.25, 0.3) is 0 Å². The first-order chi connectivity index (χ1) is 17.8. The largest absolute Gasteiger partial charge is 0.484 e. The van der Waals surface area contributed by atoms with Gasteiger partial charge < -0.3 is 20.3 Å². The lowest BCUT2D eigenvalue weighted by Gasteiger charge is -2.17. The molecule has 0 saturated carbocycles. The smallest absolute Gasteiger partial charge is 0.258 e. The molecule has 4 rings (SSSR count). The van der Waals surface area contributed by atoms with Crippen LogP contribution < -0.4 is 20.3 Å². The van der Waals surface area contributed by atoms with Gasteiger partial charge in [-0.25, -0.2) is 4.99 Å². The molecule has 2 amide bonds. The fraction of sp³-hybridized carbons (Fsp3) is 0.233. The molecule has 37 heavy (non-hydrogen) atoms. The summed E-state index contributed by atoms with van der Waals surface area (Å²) in [5.74, 6) is 0.637. The van der Waals surface area contributed by atoms with Crippen LogP contribution in [-0.4, -0.2) is 37.2 Å². The average molecular weight is 497 g/mol. The second kappa shape index (κ2) is 11.6. The Kier molecular flexibility index (Phi) is 8.03. The monoisotopic (exact) mass is 496 g/mol. The Balaban J connectivity index is 1.42. The van der Waals surface area contributed by atoms with Crippen molar-refractivity contribution in [2.75, 3.05) is 18.6 Å². The number of hydrogen-bond donors (Lipinski definition) is 2. The second-order valence-corrected chi connectivity index (χ2v) is 9.26. The molecule has 0 fully saturated rings. The maximum Gasteiger partial charge on any atom is 0.258 e. The third-order valence-corrected chi connectivity index (χ3v) is 6.07. The van der Waals surface area contributed by atoms with Crippen LogP contribution in [-0.2, 0) is 9.59 Å². The quantitative estimate of drug-likeness (QED) is 0.478. The Labute approximate surface area is 217 Å². The molecular formula is C30H32N4O3. The first-order valence-electron chi connectivity index (χ1n) is 12.3. The zero-order valence-electron chi connectivity index (χ0n) is 21.6. The SMILES string of the molecule is CC(C)c1ccc(OCC(=O)N[C@@H](C)C(=O)NC2=CN(C)c3ccccc3C(c3ccccc3)=N2)cc1. The van der Waals surface area contributed by atoms with E-state index < -0.39 is 6.04 Å². The summed E-state index contributed by atoms with van der Waals surface area (Å²) in [6.45, 7) is 5.68. The summed E-state index contributed by atoms with van der Waals surface area (Å²) in [6, 6.07) is 24.6. The van der Waals surface area contributed by atoms with Gasteiger partial charge in [0.25, 0.3) is 5.91 Å². The Morgan fingerprint density at radius 1 is 0.919 bits per heavy atom. The molecule has 0 spiro atoms. The van der Waals surface area contributed by atoms with Gasteiger partial charge in [-0.05, 0) is 36.6 Å². The zero-order chi connectivity index (χ0) is 26.4. The van der Waals surface area contributed by atoms with E-state index in [1.807, 2.05) is 90.8 Å². The molecule has 1 heterocycles. The zero-order valence-corrected chi connectivity index (χ0v) is 21.6. The molecule has 1 aliphatic rings. The summed E-state index contributed by atoms with van der Waals surface area (Å²) < 4.78 is 5.58. The van der Waals surface area contributed by atoms with E-state index in [0.29, 0.717) is 17.5 Å². The minimum Gasteiger partial charge on any atom is -0.484 e. The number of amides is 2. The van der Waals surface area contributed by atoms with Gasteiger partial charge in [0.05, 0.1) is 5.71 Å². The van der Waals surface area contributed by atoms with Crippen LogP contribution in [0.2, 0.25) is 0 Å². The lowest BCUT2D eigenvalue weighted by molar-refractivity contribution is -0.129. The summed E-state index contributed by atoms with van der Waals surface area (Å²) in [4.78, 5) is 32.1. The highest BCUT2D eigenvalue weighted by atomic mass is 16.5. The Morgan fingerprint density at radius 2 is 1.59 bits per heavy atom. The topological polar surface area (TPSA) is 83.0 Å². The van der Waals surface area contributed by atoms with E-state index >= 15 is 0 Å². The Hall–Kier alpha value is -4.39. The first-order valence-corrected chi connectivity index (χ1v) is 12.3. The normalized spacial score (nSPS) is 13.6. The number of nitrogens with zero attached hydrogens (tertiary/aromatic N) is 2. The number of carbonyl (C=O) groups is 2. The maximum atomic E-state index is 13.0. The van der Waals surface area contributed by atoms with Crippen LogP contribution in [0.1, 0.15) is 43.4 Å². The lowest BCUT2D eigenvalue weighted by atomic mass is 10.0. The second-order valence-electron chi connectivity index (χ2n) is 9.26. The van der Waals surface area contributed by atoms with E-state index in [2.05, 4.69) is 24.5 Å². The summed E-state index contributed by atoms with van der Waals surface area (Å²) in [7, 11) is 1.91. The third-order valence-electron chi connectivity index (χ3n) is 6.07. The number of fused-ring (bicyclic) bond motifs is 1. The first kappa shape index (κ1) is 25.7. The summed E-state index contributed by atoms with van der Waals surface area (Å²) in [5.41, 5.74) is 4.80. The number of ether oxygens (including phenoxy) is 1. The number of benzene rings is 3. The molecule has 0 radical (unpaired) electrons. The molecular weight excluding hydrogens is 464 g/mol. The van der Waals surface area contributed by atoms with Crippen LogP contribution >= 0.6 is 0 Å². The van der Waals surface area contributed by atoms with E-state index in [4.69, 9.17) is 9.73 Å². The van der Waals surface area contributed by atoms with Crippen molar-refractivity contribution in [3.8, 4) is 5.75 Å². The third kappa shape index (κ3) is 6.44. The number of rotatable bonds is 8. The molecule has 0 bridgehead atoms. The van der Waals surface area contributed by atoms with Crippen molar-refractivity contribution >= 4 is 23.2 Å². The van der Waals surface area contributed by atoms with Gasteiger partial charge in [-0.15, -0.1) is 0 Å². The number of para-hydroxylation sites is 1. The number of anilines is 1. The molecule has 0 unspecified atom stereocenters. The van der Waals surface area contributed by atoms with Gasteiger partial charge in [-0.2, -0.15) is 0 Å². The van der Waals surface area contributed by atoms with E-state index in [1.54, 1.807) is 13.1 Å². The fourth-order valence-corrected chi connectivity index (χ4v) is 4.00. The van der Waals surface area contributed by atoms with Crippen LogP contribution in [0.3, 0.4) is 0 Å². The number of hydrogen-bond acceptors (Lipinski definition) is 5. The highest BCUT2D eigenvalue weighted by molar-refractivity contribution is 6.17. The van der Waals surface area contributed by atoms with Gasteiger partial charge >= 0.3 is 0 Å². The molecule has 7 heteroatoms. The van der Waals surface area contributed by atoms with Crippen molar-refractivity contribution in [1.29, 1.82) is 0 Å².